The topological polar surface area (TPSA) is 66.8 Å². The molecule has 37 heavy (non-hydrogen) atoms. The lowest BCUT2D eigenvalue weighted by Crippen LogP contribution is -2.35. The van der Waals surface area contributed by atoms with Crippen LogP contribution in [0.2, 0.25) is 0 Å². The lowest BCUT2D eigenvalue weighted by Gasteiger charge is -2.44. The van der Waals surface area contributed by atoms with Crippen molar-refractivity contribution in [3.05, 3.63) is 47.6 Å². The van der Waals surface area contributed by atoms with Crippen molar-refractivity contribution < 1.29 is 19.7 Å². The summed E-state index contributed by atoms with van der Waals surface area (Å²) in [6, 6.07) is 0. The summed E-state index contributed by atoms with van der Waals surface area (Å²) in [5, 5.41) is 20.3. The van der Waals surface area contributed by atoms with Crippen LogP contribution in [0.1, 0.15) is 97.8 Å². The Morgan fingerprint density at radius 1 is 1.19 bits per heavy atom. The van der Waals surface area contributed by atoms with E-state index in [2.05, 4.69) is 44.7 Å². The molecule has 7 atom stereocenters. The van der Waals surface area contributed by atoms with Gasteiger partial charge < -0.3 is 14.9 Å². The van der Waals surface area contributed by atoms with Crippen LogP contribution >= 0.6 is 0 Å². The quantitative estimate of drug-likeness (QED) is 0.315. The van der Waals surface area contributed by atoms with Gasteiger partial charge in [0.2, 0.25) is 0 Å². The highest BCUT2D eigenvalue weighted by atomic mass is 16.5. The number of ether oxygens (including phenoxy) is 1. The van der Waals surface area contributed by atoms with E-state index in [1.165, 1.54) is 31.3 Å². The smallest absolute Gasteiger partial charge is 0.138 e. The van der Waals surface area contributed by atoms with Gasteiger partial charge in [-0.1, -0.05) is 57.2 Å². The van der Waals surface area contributed by atoms with Crippen LogP contribution in [0.3, 0.4) is 0 Å². The van der Waals surface area contributed by atoms with E-state index in [-0.39, 0.29) is 11.5 Å². The Morgan fingerprint density at radius 3 is 2.62 bits per heavy atom. The normalized spacial score (nSPS) is 37.2. The van der Waals surface area contributed by atoms with Crippen molar-refractivity contribution in [1.82, 2.24) is 0 Å². The minimum atomic E-state index is -0.633. The first-order valence-corrected chi connectivity index (χ1v) is 14.8. The number of hydrogen-bond acceptors (Lipinski definition) is 4. The number of carbonyl (C=O) groups is 1. The second-order valence-corrected chi connectivity index (χ2v) is 12.8. The predicted octanol–water partition coefficient (Wildman–Crippen LogP) is 6.87. The molecule has 4 aliphatic rings. The molecule has 4 fully saturated rings. The average Bonchev–Trinajstić information content (AvgIpc) is 3.58. The zero-order valence-corrected chi connectivity index (χ0v) is 23.7. The molecule has 0 bridgehead atoms. The molecule has 4 nitrogen and oxygen atoms in total. The second-order valence-electron chi connectivity index (χ2n) is 12.8. The van der Waals surface area contributed by atoms with Gasteiger partial charge in [-0.3, -0.25) is 4.79 Å². The van der Waals surface area contributed by atoms with Gasteiger partial charge in [0.15, 0.2) is 0 Å². The number of hydrogen-bond donors (Lipinski definition) is 2. The van der Waals surface area contributed by atoms with E-state index in [4.69, 9.17) is 4.74 Å². The highest BCUT2D eigenvalue weighted by Crippen LogP contribution is 2.59. The summed E-state index contributed by atoms with van der Waals surface area (Å²) >= 11 is 0. The van der Waals surface area contributed by atoms with Crippen LogP contribution in [0.25, 0.3) is 0 Å². The van der Waals surface area contributed by atoms with E-state index >= 15 is 0 Å². The van der Waals surface area contributed by atoms with Crippen molar-refractivity contribution in [2.75, 3.05) is 7.11 Å². The third-order valence-electron chi connectivity index (χ3n) is 10.5. The second kappa shape index (κ2) is 11.7. The zero-order valence-electron chi connectivity index (χ0n) is 23.7. The van der Waals surface area contributed by atoms with E-state index in [1.807, 2.05) is 6.92 Å². The summed E-state index contributed by atoms with van der Waals surface area (Å²) in [4.78, 5) is 12.3. The Bertz CT molecular complexity index is 938. The molecule has 0 saturated heterocycles. The number of methoxy groups -OCH3 is 1. The molecule has 2 N–H and O–H groups in total. The summed E-state index contributed by atoms with van der Waals surface area (Å²) in [5.74, 6) is 2.16. The fraction of sp³-hybridized carbons (Fsp3) is 0.727. The number of aliphatic hydroxyl groups excluding tert-OH is 2. The molecule has 0 spiro atoms. The molecule has 206 valence electrons. The molecular formula is C33H50O4. The van der Waals surface area contributed by atoms with Gasteiger partial charge in [-0.25, -0.2) is 0 Å². The van der Waals surface area contributed by atoms with Crippen molar-refractivity contribution in [2.45, 2.75) is 116 Å². The fourth-order valence-electron chi connectivity index (χ4n) is 7.95. The first-order valence-electron chi connectivity index (χ1n) is 14.8. The summed E-state index contributed by atoms with van der Waals surface area (Å²) < 4.78 is 5.81. The number of fused-ring (bicyclic) bond motifs is 1. The third kappa shape index (κ3) is 6.07. The molecule has 4 heteroatoms. The average molecular weight is 511 g/mol. The predicted molar refractivity (Wildman–Crippen MR) is 150 cm³/mol. The first-order chi connectivity index (χ1) is 17.6. The lowest BCUT2D eigenvalue weighted by atomic mass is 9.61. The number of ketones is 1. The van der Waals surface area contributed by atoms with E-state index in [9.17, 15) is 15.0 Å². The zero-order chi connectivity index (χ0) is 26.8. The standard InChI is InChI=1S/C33H50O4/c1-6-31(36)33(18-19-33)17-15-27(37-5)12-9-22(2)28-13-14-29-24(8-7-16-32(28,29)4)10-11-25-20-26(34)21-30(35)23(25)3/h9-12,22,26-30,34-35H,3,6-8,13-21H2,1-2,4-5H3/b12-9+,24-10+,25-11-/t22-,26-,27+,28-,29+,30+,32-/m1/s1. The highest BCUT2D eigenvalue weighted by Gasteiger charge is 2.50. The minimum absolute atomic E-state index is 0.0442. The molecule has 0 aromatic rings. The maximum absolute atomic E-state index is 12.3. The van der Waals surface area contributed by atoms with Crippen LogP contribution in [0.4, 0.5) is 0 Å². The molecule has 4 saturated carbocycles. The van der Waals surface area contributed by atoms with Crippen LogP contribution in [0.15, 0.2) is 47.6 Å². The SMILES string of the molecule is C=C1/C(=C\C=C2/CCC[C@]3(C)[C@@H]([C@H](C)/C=C/[C@@H](CCC4(C(=O)CC)CC4)OC)CC[C@@H]23)C[C@@H](O)C[C@@H]1O. The van der Waals surface area contributed by atoms with E-state index in [1.54, 1.807) is 7.11 Å². The Morgan fingerprint density at radius 2 is 1.95 bits per heavy atom. The molecule has 0 unspecified atom stereocenters. The Kier molecular flexibility index (Phi) is 9.03. The largest absolute Gasteiger partial charge is 0.393 e. The fourth-order valence-corrected chi connectivity index (χ4v) is 7.95. The van der Waals surface area contributed by atoms with Gasteiger partial charge in [0.05, 0.1) is 18.3 Å². The molecule has 4 aliphatic carbocycles. The van der Waals surface area contributed by atoms with Crippen molar-refractivity contribution in [3.63, 3.8) is 0 Å². The molecule has 0 aromatic carbocycles. The van der Waals surface area contributed by atoms with Gasteiger partial charge in [0.1, 0.15) is 5.78 Å². The monoisotopic (exact) mass is 510 g/mol. The molecule has 0 aliphatic heterocycles. The highest BCUT2D eigenvalue weighted by molar-refractivity contribution is 5.87. The summed E-state index contributed by atoms with van der Waals surface area (Å²) in [7, 11) is 1.79. The Hall–Kier alpha value is -1.49. The molecule has 0 amide bonds. The minimum Gasteiger partial charge on any atom is -0.393 e. The molecule has 0 aromatic heterocycles. The van der Waals surface area contributed by atoms with E-state index < -0.39 is 12.2 Å². The number of allylic oxidation sites excluding steroid dienone is 4. The van der Waals surface area contributed by atoms with Crippen molar-refractivity contribution in [1.29, 1.82) is 0 Å². The molecule has 0 heterocycles. The van der Waals surface area contributed by atoms with Gasteiger partial charge in [-0.05, 0) is 98.5 Å². The summed E-state index contributed by atoms with van der Waals surface area (Å²) in [6.45, 7) is 10.9. The van der Waals surface area contributed by atoms with Gasteiger partial charge in [0, 0.05) is 25.4 Å². The van der Waals surface area contributed by atoms with Gasteiger partial charge in [0.25, 0.3) is 0 Å². The molecular weight excluding hydrogens is 460 g/mol. The molecule has 4 rings (SSSR count). The summed E-state index contributed by atoms with van der Waals surface area (Å²) in [6.07, 6.45) is 19.8. The van der Waals surface area contributed by atoms with Gasteiger partial charge in [-0.15, -0.1) is 0 Å². The number of rotatable bonds is 10. The number of carbonyl (C=O) groups excluding carboxylic acids is 1. The van der Waals surface area contributed by atoms with Gasteiger partial charge in [-0.2, -0.15) is 0 Å². The maximum Gasteiger partial charge on any atom is 0.138 e. The summed E-state index contributed by atoms with van der Waals surface area (Å²) in [5.41, 5.74) is 3.55. The van der Waals surface area contributed by atoms with Crippen LogP contribution in [0, 0.1) is 28.6 Å². The lowest BCUT2D eigenvalue weighted by molar-refractivity contribution is -0.124. The van der Waals surface area contributed by atoms with E-state index in [0.717, 1.165) is 43.3 Å². The van der Waals surface area contributed by atoms with Crippen molar-refractivity contribution in [2.24, 2.45) is 28.6 Å². The van der Waals surface area contributed by atoms with Gasteiger partial charge >= 0.3 is 0 Å². The Balaban J connectivity index is 1.40. The number of Topliss-reactive ketones (excluding diaryl/α,β-unsaturated/α-hetero) is 1. The Labute approximate surface area is 224 Å². The van der Waals surface area contributed by atoms with Crippen molar-refractivity contribution in [3.8, 4) is 0 Å². The number of aliphatic hydroxyl groups is 2. The first kappa shape index (κ1) is 28.5. The maximum atomic E-state index is 12.3. The van der Waals surface area contributed by atoms with Crippen LogP contribution < -0.4 is 0 Å². The molecule has 0 radical (unpaired) electrons. The third-order valence-corrected chi connectivity index (χ3v) is 10.5. The van der Waals surface area contributed by atoms with Crippen LogP contribution in [0.5, 0.6) is 0 Å². The van der Waals surface area contributed by atoms with Crippen LogP contribution in [-0.4, -0.2) is 41.4 Å². The van der Waals surface area contributed by atoms with E-state index in [0.29, 0.717) is 48.2 Å². The van der Waals surface area contributed by atoms with Crippen molar-refractivity contribution >= 4 is 5.78 Å². The van der Waals surface area contributed by atoms with Crippen LogP contribution in [-0.2, 0) is 9.53 Å².